The maximum Gasteiger partial charge on any atom is 0.250 e. The third-order valence-corrected chi connectivity index (χ3v) is 4.80. The van der Waals surface area contributed by atoms with E-state index in [1.165, 1.54) is 50.0 Å². The van der Waals surface area contributed by atoms with Crippen molar-refractivity contribution in [2.45, 2.75) is 44.7 Å². The second kappa shape index (κ2) is 6.10. The van der Waals surface area contributed by atoms with E-state index in [1.807, 2.05) is 17.7 Å². The zero-order valence-corrected chi connectivity index (χ0v) is 12.4. The molecule has 20 heavy (non-hydrogen) atoms. The molecule has 1 aromatic rings. The number of fused-ring (bicyclic) bond motifs is 1. The van der Waals surface area contributed by atoms with Gasteiger partial charge in [0.2, 0.25) is 0 Å². The van der Waals surface area contributed by atoms with E-state index in [-0.39, 0.29) is 5.56 Å². The first-order chi connectivity index (χ1) is 9.79. The number of pyridine rings is 1. The standard InChI is InChI=1S/C16H25N3O/c1-17-14-5-4-6-15-13(14)7-8-16(20)19(15)12-11-18-9-2-3-10-18/h7-8,14,17H,2-6,9-12H2,1H3. The first-order valence-electron chi connectivity index (χ1n) is 7.92. The molecule has 4 nitrogen and oxygen atoms in total. The van der Waals surface area contributed by atoms with Crippen LogP contribution in [0, 0.1) is 0 Å². The molecule has 1 atom stereocenters. The Kier molecular flexibility index (Phi) is 4.22. The summed E-state index contributed by atoms with van der Waals surface area (Å²) < 4.78 is 2.02. The minimum atomic E-state index is 0.166. The predicted molar refractivity (Wildman–Crippen MR) is 81.1 cm³/mol. The van der Waals surface area contributed by atoms with Crippen LogP contribution in [-0.4, -0.2) is 36.1 Å². The Morgan fingerprint density at radius 2 is 2.00 bits per heavy atom. The first kappa shape index (κ1) is 13.8. The number of aromatic nitrogens is 1. The van der Waals surface area contributed by atoms with Crippen LogP contribution < -0.4 is 10.9 Å². The summed E-state index contributed by atoms with van der Waals surface area (Å²) >= 11 is 0. The summed E-state index contributed by atoms with van der Waals surface area (Å²) in [7, 11) is 2.01. The van der Waals surface area contributed by atoms with E-state index < -0.39 is 0 Å². The van der Waals surface area contributed by atoms with E-state index in [1.54, 1.807) is 6.07 Å². The lowest BCUT2D eigenvalue weighted by atomic mass is 9.91. The van der Waals surface area contributed by atoms with Crippen molar-refractivity contribution >= 4 is 0 Å². The molecule has 2 aliphatic rings. The fraction of sp³-hybridized carbons (Fsp3) is 0.688. The molecule has 110 valence electrons. The maximum absolute atomic E-state index is 12.2. The van der Waals surface area contributed by atoms with Crippen molar-refractivity contribution in [3.63, 3.8) is 0 Å². The van der Waals surface area contributed by atoms with Crippen LogP contribution in [0.15, 0.2) is 16.9 Å². The molecule has 0 radical (unpaired) electrons. The second-order valence-electron chi connectivity index (χ2n) is 6.01. The van der Waals surface area contributed by atoms with Gasteiger partial charge in [0.25, 0.3) is 5.56 Å². The molecule has 0 amide bonds. The van der Waals surface area contributed by atoms with Gasteiger partial charge < -0.3 is 14.8 Å². The highest BCUT2D eigenvalue weighted by Gasteiger charge is 2.22. The summed E-state index contributed by atoms with van der Waals surface area (Å²) in [6, 6.07) is 4.19. The Bertz CT molecular complexity index is 517. The van der Waals surface area contributed by atoms with Crippen molar-refractivity contribution in [1.82, 2.24) is 14.8 Å². The summed E-state index contributed by atoms with van der Waals surface area (Å²) in [5.74, 6) is 0. The Labute approximate surface area is 120 Å². The molecule has 4 heteroatoms. The van der Waals surface area contributed by atoms with Gasteiger partial charge in [-0.3, -0.25) is 4.79 Å². The summed E-state index contributed by atoms with van der Waals surface area (Å²) in [5.41, 5.74) is 2.77. The molecule has 0 saturated carbocycles. The smallest absolute Gasteiger partial charge is 0.250 e. The Morgan fingerprint density at radius 3 is 2.75 bits per heavy atom. The van der Waals surface area contributed by atoms with E-state index in [9.17, 15) is 4.79 Å². The van der Waals surface area contributed by atoms with E-state index in [2.05, 4.69) is 10.2 Å². The number of hydrogen-bond acceptors (Lipinski definition) is 3. The molecule has 2 heterocycles. The summed E-state index contributed by atoms with van der Waals surface area (Å²) in [5, 5.41) is 3.38. The summed E-state index contributed by atoms with van der Waals surface area (Å²) in [6.45, 7) is 4.25. The van der Waals surface area contributed by atoms with Crippen LogP contribution in [0.4, 0.5) is 0 Å². The zero-order valence-electron chi connectivity index (χ0n) is 12.4. The van der Waals surface area contributed by atoms with Crippen LogP contribution in [-0.2, 0) is 13.0 Å². The van der Waals surface area contributed by atoms with Crippen LogP contribution in [0.3, 0.4) is 0 Å². The Morgan fingerprint density at radius 1 is 1.20 bits per heavy atom. The molecule has 1 aliphatic heterocycles. The van der Waals surface area contributed by atoms with Crippen molar-refractivity contribution in [2.75, 3.05) is 26.7 Å². The summed E-state index contributed by atoms with van der Waals surface area (Å²) in [6.07, 6.45) is 6.01. The van der Waals surface area contributed by atoms with E-state index in [0.717, 1.165) is 19.5 Å². The molecule has 0 aromatic carbocycles. The minimum Gasteiger partial charge on any atom is -0.313 e. The maximum atomic E-state index is 12.2. The molecule has 1 fully saturated rings. The Hall–Kier alpha value is -1.13. The zero-order chi connectivity index (χ0) is 13.9. The number of rotatable bonds is 4. The molecule has 1 unspecified atom stereocenters. The predicted octanol–water partition coefficient (Wildman–Crippen LogP) is 1.54. The molecule has 1 N–H and O–H groups in total. The fourth-order valence-corrected chi connectivity index (χ4v) is 3.65. The Balaban J connectivity index is 1.83. The van der Waals surface area contributed by atoms with Crippen molar-refractivity contribution < 1.29 is 0 Å². The topological polar surface area (TPSA) is 37.3 Å². The van der Waals surface area contributed by atoms with Crippen molar-refractivity contribution in [3.8, 4) is 0 Å². The van der Waals surface area contributed by atoms with Gasteiger partial charge >= 0.3 is 0 Å². The van der Waals surface area contributed by atoms with Gasteiger partial charge in [-0.15, -0.1) is 0 Å². The number of nitrogens with zero attached hydrogens (tertiary/aromatic N) is 2. The van der Waals surface area contributed by atoms with E-state index in [4.69, 9.17) is 0 Å². The lowest BCUT2D eigenvalue weighted by Gasteiger charge is -2.28. The average Bonchev–Trinajstić information content (AvgIpc) is 2.98. The molecule has 0 spiro atoms. The largest absolute Gasteiger partial charge is 0.313 e. The van der Waals surface area contributed by atoms with Crippen LogP contribution in [0.5, 0.6) is 0 Å². The van der Waals surface area contributed by atoms with Gasteiger partial charge in [-0.25, -0.2) is 0 Å². The first-order valence-corrected chi connectivity index (χ1v) is 7.92. The van der Waals surface area contributed by atoms with Gasteiger partial charge in [-0.05, 0) is 57.8 Å². The molecule has 1 aromatic heterocycles. The van der Waals surface area contributed by atoms with Gasteiger partial charge in [0.1, 0.15) is 0 Å². The number of hydrogen-bond donors (Lipinski definition) is 1. The van der Waals surface area contributed by atoms with E-state index >= 15 is 0 Å². The van der Waals surface area contributed by atoms with Crippen LogP contribution in [0.25, 0.3) is 0 Å². The molecule has 1 saturated heterocycles. The van der Waals surface area contributed by atoms with Gasteiger partial charge in [0.15, 0.2) is 0 Å². The highest BCUT2D eigenvalue weighted by molar-refractivity contribution is 5.27. The van der Waals surface area contributed by atoms with Gasteiger partial charge in [-0.1, -0.05) is 6.07 Å². The van der Waals surface area contributed by atoms with Gasteiger partial charge in [0, 0.05) is 30.9 Å². The summed E-state index contributed by atoms with van der Waals surface area (Å²) in [4.78, 5) is 14.7. The number of likely N-dealkylation sites (tertiary alicyclic amines) is 1. The van der Waals surface area contributed by atoms with Gasteiger partial charge in [0.05, 0.1) is 0 Å². The van der Waals surface area contributed by atoms with Crippen molar-refractivity contribution in [2.24, 2.45) is 0 Å². The van der Waals surface area contributed by atoms with Crippen molar-refractivity contribution in [3.05, 3.63) is 33.7 Å². The fourth-order valence-electron chi connectivity index (χ4n) is 3.65. The molecular weight excluding hydrogens is 250 g/mol. The normalized spacial score (nSPS) is 22.9. The van der Waals surface area contributed by atoms with Gasteiger partial charge in [-0.2, -0.15) is 0 Å². The van der Waals surface area contributed by atoms with Crippen molar-refractivity contribution in [1.29, 1.82) is 0 Å². The lowest BCUT2D eigenvalue weighted by Crippen LogP contribution is -2.34. The highest BCUT2D eigenvalue weighted by Crippen LogP contribution is 2.28. The molecular formula is C16H25N3O. The van der Waals surface area contributed by atoms with E-state index in [0.29, 0.717) is 6.04 Å². The molecule has 1 aliphatic carbocycles. The third-order valence-electron chi connectivity index (χ3n) is 4.80. The molecule has 0 bridgehead atoms. The van der Waals surface area contributed by atoms with Crippen LogP contribution in [0.1, 0.15) is 43.0 Å². The number of nitrogens with one attached hydrogen (secondary N) is 1. The monoisotopic (exact) mass is 275 g/mol. The third kappa shape index (κ3) is 2.67. The van der Waals surface area contributed by atoms with Crippen LogP contribution in [0.2, 0.25) is 0 Å². The minimum absolute atomic E-state index is 0.166. The highest BCUT2D eigenvalue weighted by atomic mass is 16.1. The average molecular weight is 275 g/mol. The molecule has 3 rings (SSSR count). The SMILES string of the molecule is CNC1CCCc2c1ccc(=O)n2CCN1CCCC1. The quantitative estimate of drug-likeness (QED) is 0.906. The lowest BCUT2D eigenvalue weighted by molar-refractivity contribution is 0.316. The van der Waals surface area contributed by atoms with Crippen LogP contribution >= 0.6 is 0 Å². The second-order valence-corrected chi connectivity index (χ2v) is 6.01.